The minimum atomic E-state index is -0.232. The zero-order valence-corrected chi connectivity index (χ0v) is 18.0. The lowest BCUT2D eigenvalue weighted by Crippen LogP contribution is -1.96. The Morgan fingerprint density at radius 2 is 1.85 bits per heavy atom. The van der Waals surface area contributed by atoms with E-state index in [4.69, 9.17) is 18.1 Å². The molecule has 0 saturated heterocycles. The number of benzene rings is 2. The summed E-state index contributed by atoms with van der Waals surface area (Å²) in [4.78, 5) is 29.9. The average molecular weight is 444 g/mol. The van der Waals surface area contributed by atoms with Crippen LogP contribution in [0.2, 0.25) is 0 Å². The molecule has 0 spiro atoms. The van der Waals surface area contributed by atoms with Gasteiger partial charge in [0.05, 0.1) is 19.2 Å². The van der Waals surface area contributed by atoms with Crippen LogP contribution in [0.1, 0.15) is 20.9 Å². The topological polar surface area (TPSA) is 80.3 Å². The maximum atomic E-state index is 13.1. The van der Waals surface area contributed by atoms with Gasteiger partial charge in [0.25, 0.3) is 5.70 Å². The van der Waals surface area contributed by atoms with E-state index in [0.29, 0.717) is 37.9 Å². The molecule has 0 radical (unpaired) electrons. The zero-order chi connectivity index (χ0) is 23.1. The van der Waals surface area contributed by atoms with Crippen LogP contribution in [0, 0.1) is 24.5 Å². The summed E-state index contributed by atoms with van der Waals surface area (Å²) >= 11 is 1.33. The molecule has 2 aromatic carbocycles. The van der Waals surface area contributed by atoms with E-state index in [1.165, 1.54) is 11.3 Å². The van der Waals surface area contributed by atoms with Crippen molar-refractivity contribution in [1.82, 2.24) is 14.5 Å². The second-order valence-electron chi connectivity index (χ2n) is 7.21. The Bertz CT molecular complexity index is 1650. The van der Waals surface area contributed by atoms with Crippen molar-refractivity contribution in [3.05, 3.63) is 98.8 Å². The molecule has 1 aliphatic rings. The lowest BCUT2D eigenvalue weighted by atomic mass is 10.0. The fourth-order valence-electron chi connectivity index (χ4n) is 3.84. The molecule has 0 N–H and O–H groups in total. The van der Waals surface area contributed by atoms with E-state index < -0.39 is 0 Å². The van der Waals surface area contributed by atoms with Crippen LogP contribution in [0.25, 0.3) is 43.2 Å². The van der Waals surface area contributed by atoms with E-state index >= 15 is 0 Å². The van der Waals surface area contributed by atoms with E-state index in [-0.39, 0.29) is 17.1 Å². The molecule has 5 rings (SSSR count). The first-order valence-corrected chi connectivity index (χ1v) is 10.6. The first kappa shape index (κ1) is 20.1. The Labute approximate surface area is 192 Å². The number of carbonyl (C=O) groups is 1. The van der Waals surface area contributed by atoms with Gasteiger partial charge in [0, 0.05) is 29.3 Å². The first-order valence-electron chi connectivity index (χ1n) is 9.75. The van der Waals surface area contributed by atoms with Gasteiger partial charge in [-0.3, -0.25) is 4.79 Å². The van der Waals surface area contributed by atoms with Crippen molar-refractivity contribution >= 4 is 44.9 Å². The van der Waals surface area contributed by atoms with E-state index in [0.717, 1.165) is 11.4 Å². The molecule has 4 aromatic rings. The molecule has 0 saturated carbocycles. The number of nitrogens with zero attached hydrogens (tertiary/aromatic N) is 6. The Balaban J connectivity index is 1.62. The lowest BCUT2D eigenvalue weighted by Gasteiger charge is -2.02. The van der Waals surface area contributed by atoms with Crippen LogP contribution in [-0.2, 0) is 7.05 Å². The molecule has 7 nitrogen and oxygen atoms in total. The second-order valence-corrected chi connectivity index (χ2v) is 8.22. The number of allylic oxidation sites excluding steroid dienone is 3. The summed E-state index contributed by atoms with van der Waals surface area (Å²) in [5.74, 6) is 0.494. The number of fused-ring (bicyclic) bond motifs is 2. The summed E-state index contributed by atoms with van der Waals surface area (Å²) in [6, 6.07) is 16.1. The quantitative estimate of drug-likeness (QED) is 0.226. The fourth-order valence-corrected chi connectivity index (χ4v) is 4.76. The number of aryl methyl sites for hydroxylation is 1. The normalized spacial score (nSPS) is 15.2. The van der Waals surface area contributed by atoms with E-state index in [2.05, 4.69) is 14.7 Å². The van der Waals surface area contributed by atoms with Gasteiger partial charge in [-0.1, -0.05) is 59.9 Å². The monoisotopic (exact) mass is 444 g/mol. The zero-order valence-electron chi connectivity index (χ0n) is 17.2. The summed E-state index contributed by atoms with van der Waals surface area (Å²) in [5, 5.41) is 10.0. The van der Waals surface area contributed by atoms with Gasteiger partial charge in [-0.2, -0.15) is 0 Å². The molecule has 8 heteroatoms. The van der Waals surface area contributed by atoms with Crippen molar-refractivity contribution in [2.75, 3.05) is 0 Å². The van der Waals surface area contributed by atoms with Crippen LogP contribution in [-0.4, -0.2) is 20.3 Å². The number of hydrogen-bond donors (Lipinski definition) is 0. The van der Waals surface area contributed by atoms with Crippen LogP contribution in [0.15, 0.2) is 59.8 Å². The van der Waals surface area contributed by atoms with Crippen LogP contribution < -0.4 is 0 Å². The summed E-state index contributed by atoms with van der Waals surface area (Å²) in [7, 11) is 1.86. The number of nitriles is 1. The Morgan fingerprint density at radius 1 is 1.12 bits per heavy atom. The molecular formula is C25H12N6OS. The number of imidazole rings is 1. The van der Waals surface area contributed by atoms with E-state index in [1.54, 1.807) is 42.5 Å². The maximum absolute atomic E-state index is 13.1. The van der Waals surface area contributed by atoms with Crippen LogP contribution in [0.3, 0.4) is 0 Å². The minimum absolute atomic E-state index is 0.121. The van der Waals surface area contributed by atoms with Gasteiger partial charge >= 0.3 is 0 Å². The molecule has 0 amide bonds. The van der Waals surface area contributed by atoms with Crippen molar-refractivity contribution < 1.29 is 4.79 Å². The Kier molecular flexibility index (Phi) is 4.68. The van der Waals surface area contributed by atoms with Crippen molar-refractivity contribution in [2.24, 2.45) is 7.05 Å². The Morgan fingerprint density at radius 3 is 2.48 bits per heavy atom. The van der Waals surface area contributed by atoms with Crippen LogP contribution >= 0.6 is 11.3 Å². The molecule has 33 heavy (non-hydrogen) atoms. The highest BCUT2D eigenvalue weighted by molar-refractivity contribution is 7.19. The van der Waals surface area contributed by atoms with Crippen LogP contribution in [0.4, 0.5) is 5.69 Å². The summed E-state index contributed by atoms with van der Waals surface area (Å²) in [6.07, 6.45) is 1.64. The number of rotatable bonds is 2. The van der Waals surface area contributed by atoms with Crippen molar-refractivity contribution in [3.63, 3.8) is 0 Å². The molecule has 0 fully saturated rings. The second kappa shape index (κ2) is 7.69. The third-order valence-electron chi connectivity index (χ3n) is 5.38. The third-order valence-corrected chi connectivity index (χ3v) is 6.27. The number of hydrogen-bond acceptors (Lipinski definition) is 5. The number of aromatic nitrogens is 3. The molecular weight excluding hydrogens is 432 g/mol. The minimum Gasteiger partial charge on any atom is -0.311 e. The third kappa shape index (κ3) is 3.13. The van der Waals surface area contributed by atoms with Gasteiger partial charge in [0.1, 0.15) is 10.8 Å². The molecule has 0 aliphatic heterocycles. The van der Waals surface area contributed by atoms with Gasteiger partial charge < -0.3 is 4.57 Å². The molecule has 0 bridgehead atoms. The smallest absolute Gasteiger partial charge is 0.270 e. The van der Waals surface area contributed by atoms with Crippen molar-refractivity contribution in [3.8, 4) is 17.5 Å². The molecule has 0 atom stereocenters. The molecule has 2 heterocycles. The first-order chi connectivity index (χ1) is 16.0. The van der Waals surface area contributed by atoms with Gasteiger partial charge in [-0.05, 0) is 11.6 Å². The van der Waals surface area contributed by atoms with Gasteiger partial charge in [0.15, 0.2) is 21.9 Å². The maximum Gasteiger partial charge on any atom is 0.270 e. The van der Waals surface area contributed by atoms with Gasteiger partial charge in [0.2, 0.25) is 0 Å². The SMILES string of the molecule is [C-]#[N+]/C(C#N)=C1\C(=C\c2nc3c(nc(-c4ccc([N+]#[C-])cc4)n3C)s2)C(=O)c2ccccc21. The molecule has 0 unspecified atom stereocenters. The standard InChI is InChI=1S/C25H12N6OS/c1-27-15-10-8-14(9-11-15)23-30-25-24(31(23)3)29-20(33-25)12-18-21(19(13-26)28-2)16-6-4-5-7-17(16)22(18)32/h4-12H,3H3/b18-12-,21-19-. The highest BCUT2D eigenvalue weighted by Crippen LogP contribution is 2.41. The van der Waals surface area contributed by atoms with Gasteiger partial charge in [-0.25, -0.2) is 24.9 Å². The molecule has 2 aromatic heterocycles. The number of Topliss-reactive ketones (excluding diaryl/α,β-unsaturated/α-hetero) is 1. The van der Waals surface area contributed by atoms with E-state index in [1.807, 2.05) is 29.8 Å². The Hall–Kier alpha value is -4.84. The van der Waals surface area contributed by atoms with Gasteiger partial charge in [-0.15, -0.1) is 0 Å². The number of carbonyl (C=O) groups excluding carboxylic acids is 1. The predicted octanol–water partition coefficient (Wildman–Crippen LogP) is 5.68. The highest BCUT2D eigenvalue weighted by atomic mass is 32.1. The summed E-state index contributed by atoms with van der Waals surface area (Å²) in [6.45, 7) is 14.5. The fraction of sp³-hybridized carbons (Fsp3) is 0.0400. The lowest BCUT2D eigenvalue weighted by molar-refractivity contribution is 0.104. The highest BCUT2D eigenvalue weighted by Gasteiger charge is 2.32. The van der Waals surface area contributed by atoms with E-state index in [9.17, 15) is 10.1 Å². The number of thiazole rings is 1. The molecule has 154 valence electrons. The predicted molar refractivity (Wildman–Crippen MR) is 126 cm³/mol. The average Bonchev–Trinajstić information content (AvgIpc) is 3.47. The van der Waals surface area contributed by atoms with Crippen molar-refractivity contribution in [1.29, 1.82) is 5.26 Å². The van der Waals surface area contributed by atoms with Crippen molar-refractivity contribution in [2.45, 2.75) is 0 Å². The largest absolute Gasteiger partial charge is 0.311 e. The van der Waals surface area contributed by atoms with Crippen LogP contribution in [0.5, 0.6) is 0 Å². The number of ketones is 1. The summed E-state index contributed by atoms with van der Waals surface area (Å²) < 4.78 is 1.86. The summed E-state index contributed by atoms with van der Waals surface area (Å²) in [5.41, 5.74) is 3.67. The molecule has 1 aliphatic carbocycles.